The van der Waals surface area contributed by atoms with Crippen molar-refractivity contribution >= 4 is 5.91 Å². The lowest BCUT2D eigenvalue weighted by Gasteiger charge is -2.36. The Balaban J connectivity index is 1.34. The van der Waals surface area contributed by atoms with Gasteiger partial charge in [-0.1, -0.05) is 30.3 Å². The normalized spacial score (nSPS) is 25.4. The number of hydrogen-bond donors (Lipinski definition) is 0. The summed E-state index contributed by atoms with van der Waals surface area (Å²) < 4.78 is 0. The zero-order valence-corrected chi connectivity index (χ0v) is 16.0. The van der Waals surface area contributed by atoms with Gasteiger partial charge in [-0.2, -0.15) is 0 Å². The number of pyridine rings is 1. The molecule has 4 heteroatoms. The topological polar surface area (TPSA) is 36.4 Å². The van der Waals surface area contributed by atoms with Crippen LogP contribution >= 0.6 is 0 Å². The van der Waals surface area contributed by atoms with Gasteiger partial charge in [0.15, 0.2) is 0 Å². The van der Waals surface area contributed by atoms with E-state index in [1.807, 2.05) is 25.1 Å². The van der Waals surface area contributed by atoms with Gasteiger partial charge < -0.3 is 4.90 Å². The minimum atomic E-state index is 0.116. The molecule has 4 nitrogen and oxygen atoms in total. The molecule has 1 aromatic carbocycles. The van der Waals surface area contributed by atoms with Crippen LogP contribution in [0, 0.1) is 12.8 Å². The van der Waals surface area contributed by atoms with Crippen LogP contribution in [0.5, 0.6) is 0 Å². The van der Waals surface area contributed by atoms with Gasteiger partial charge in [0.2, 0.25) is 0 Å². The Hall–Kier alpha value is -2.20. The minimum absolute atomic E-state index is 0.116. The Kier molecular flexibility index (Phi) is 4.24. The van der Waals surface area contributed by atoms with Crippen molar-refractivity contribution in [3.8, 4) is 0 Å². The molecule has 2 atom stereocenters. The number of benzene rings is 1. The number of carbonyl (C=O) groups excluding carboxylic acids is 1. The smallest absolute Gasteiger partial charge is 0.272 e. The highest BCUT2D eigenvalue weighted by atomic mass is 16.2. The van der Waals surface area contributed by atoms with Crippen LogP contribution in [0.4, 0.5) is 0 Å². The highest BCUT2D eigenvalue weighted by Crippen LogP contribution is 2.33. The lowest BCUT2D eigenvalue weighted by molar-refractivity contribution is 0.0575. The van der Waals surface area contributed by atoms with Crippen LogP contribution in [0.1, 0.15) is 40.2 Å². The third-order valence-electron chi connectivity index (χ3n) is 6.66. The van der Waals surface area contributed by atoms with Crippen LogP contribution in [0.3, 0.4) is 0 Å². The van der Waals surface area contributed by atoms with E-state index in [4.69, 9.17) is 0 Å². The van der Waals surface area contributed by atoms with Crippen molar-refractivity contribution in [2.45, 2.75) is 44.7 Å². The lowest BCUT2D eigenvalue weighted by Crippen LogP contribution is -2.48. The van der Waals surface area contributed by atoms with Crippen LogP contribution in [-0.4, -0.2) is 52.4 Å². The summed E-state index contributed by atoms with van der Waals surface area (Å²) in [4.78, 5) is 22.4. The number of carbonyl (C=O) groups is 1. The average Bonchev–Trinajstić information content (AvgIpc) is 2.90. The molecule has 1 aliphatic carbocycles. The molecule has 4 aliphatic rings. The Morgan fingerprint density at radius 3 is 2.44 bits per heavy atom. The maximum absolute atomic E-state index is 13.1. The Morgan fingerprint density at radius 1 is 0.926 bits per heavy atom. The number of aryl methyl sites for hydroxylation is 1. The van der Waals surface area contributed by atoms with E-state index in [9.17, 15) is 4.79 Å². The summed E-state index contributed by atoms with van der Waals surface area (Å²) in [6.45, 7) is 4.97. The highest BCUT2D eigenvalue weighted by molar-refractivity contribution is 5.92. The van der Waals surface area contributed by atoms with Gasteiger partial charge in [0, 0.05) is 37.4 Å². The first kappa shape index (κ1) is 16.9. The van der Waals surface area contributed by atoms with Crippen molar-refractivity contribution < 1.29 is 4.79 Å². The van der Waals surface area contributed by atoms with E-state index in [-0.39, 0.29) is 5.91 Å². The summed E-state index contributed by atoms with van der Waals surface area (Å²) in [6.07, 6.45) is 4.68. The molecular formula is C23H27N3O. The van der Waals surface area contributed by atoms with Gasteiger partial charge in [-0.15, -0.1) is 0 Å². The van der Waals surface area contributed by atoms with Crippen molar-refractivity contribution in [2.24, 2.45) is 5.92 Å². The van der Waals surface area contributed by atoms with Crippen molar-refractivity contribution in [3.05, 3.63) is 65.0 Å². The summed E-state index contributed by atoms with van der Waals surface area (Å²) in [5, 5.41) is 0. The van der Waals surface area contributed by atoms with E-state index in [0.29, 0.717) is 23.7 Å². The molecule has 2 aromatic rings. The Bertz CT molecular complexity index is 839. The number of piperidine rings is 1. The zero-order valence-electron chi connectivity index (χ0n) is 16.0. The zero-order chi connectivity index (χ0) is 18.4. The van der Waals surface area contributed by atoms with Gasteiger partial charge >= 0.3 is 0 Å². The second-order valence-corrected chi connectivity index (χ2v) is 8.50. The summed E-state index contributed by atoms with van der Waals surface area (Å²) in [7, 11) is 0. The first-order chi connectivity index (χ1) is 13.2. The quantitative estimate of drug-likeness (QED) is 0.825. The fraction of sp³-hybridized carbons (Fsp3) is 0.478. The number of nitrogens with zero attached hydrogens (tertiary/aromatic N) is 3. The van der Waals surface area contributed by atoms with Crippen molar-refractivity contribution in [1.82, 2.24) is 14.8 Å². The van der Waals surface area contributed by atoms with Crippen molar-refractivity contribution in [2.75, 3.05) is 19.6 Å². The molecule has 0 spiro atoms. The fourth-order valence-electron chi connectivity index (χ4n) is 5.27. The molecule has 0 saturated carbocycles. The van der Waals surface area contributed by atoms with E-state index in [1.165, 1.54) is 17.5 Å². The minimum Gasteiger partial charge on any atom is -0.333 e. The molecule has 0 N–H and O–H groups in total. The van der Waals surface area contributed by atoms with Crippen LogP contribution in [0.15, 0.2) is 42.5 Å². The SMILES string of the molecule is Cc1cccc(C(=O)N2C[C@H]3CC[C@@H]2CN(C2Cc4ccccc4C2)C3)n1. The molecule has 2 bridgehead atoms. The summed E-state index contributed by atoms with van der Waals surface area (Å²) in [6, 6.07) is 15.5. The summed E-state index contributed by atoms with van der Waals surface area (Å²) >= 11 is 0. The second-order valence-electron chi connectivity index (χ2n) is 8.50. The number of hydrogen-bond acceptors (Lipinski definition) is 3. The third kappa shape index (κ3) is 3.16. The molecule has 3 aliphatic heterocycles. The van der Waals surface area contributed by atoms with E-state index in [2.05, 4.69) is 39.0 Å². The standard InChI is InChI=1S/C23H27N3O/c1-16-5-4-8-22(24-16)23(27)26-14-17-9-10-20(26)15-25(13-17)21-11-18-6-2-3-7-19(18)12-21/h2-8,17,20-21H,9-15H2,1H3/t17-,20+/m0/s1. The van der Waals surface area contributed by atoms with Gasteiger partial charge in [0.1, 0.15) is 5.69 Å². The number of rotatable bonds is 2. The monoisotopic (exact) mass is 361 g/mol. The van der Waals surface area contributed by atoms with Gasteiger partial charge in [-0.05, 0) is 61.8 Å². The molecule has 4 heterocycles. The Labute approximate surface area is 161 Å². The molecule has 1 amide bonds. The highest BCUT2D eigenvalue weighted by Gasteiger charge is 2.40. The number of fused-ring (bicyclic) bond motifs is 5. The van der Waals surface area contributed by atoms with E-state index < -0.39 is 0 Å². The van der Waals surface area contributed by atoms with E-state index >= 15 is 0 Å². The Morgan fingerprint density at radius 2 is 1.70 bits per heavy atom. The van der Waals surface area contributed by atoms with Crippen molar-refractivity contribution in [1.29, 1.82) is 0 Å². The molecule has 3 saturated heterocycles. The maximum atomic E-state index is 13.1. The summed E-state index contributed by atoms with van der Waals surface area (Å²) in [5.41, 5.74) is 4.53. The fourth-order valence-corrected chi connectivity index (χ4v) is 5.27. The van der Waals surface area contributed by atoms with Crippen LogP contribution < -0.4 is 0 Å². The van der Waals surface area contributed by atoms with E-state index in [1.54, 1.807) is 0 Å². The van der Waals surface area contributed by atoms with Crippen molar-refractivity contribution in [3.63, 3.8) is 0 Å². The van der Waals surface area contributed by atoms with E-state index in [0.717, 1.165) is 44.6 Å². The molecule has 3 fully saturated rings. The van der Waals surface area contributed by atoms with Crippen LogP contribution in [0.2, 0.25) is 0 Å². The van der Waals surface area contributed by atoms with Gasteiger partial charge in [0.25, 0.3) is 5.91 Å². The lowest BCUT2D eigenvalue weighted by atomic mass is 9.94. The maximum Gasteiger partial charge on any atom is 0.272 e. The first-order valence-electron chi connectivity index (χ1n) is 10.2. The number of aromatic nitrogens is 1. The predicted molar refractivity (Wildman–Crippen MR) is 106 cm³/mol. The van der Waals surface area contributed by atoms with Gasteiger partial charge in [0.05, 0.1) is 0 Å². The molecule has 0 unspecified atom stereocenters. The predicted octanol–water partition coefficient (Wildman–Crippen LogP) is 3.09. The molecule has 1 aromatic heterocycles. The van der Waals surface area contributed by atoms with Crippen LogP contribution in [0.25, 0.3) is 0 Å². The largest absolute Gasteiger partial charge is 0.333 e. The molecule has 6 rings (SSSR count). The molecule has 140 valence electrons. The molecule has 0 radical (unpaired) electrons. The third-order valence-corrected chi connectivity index (χ3v) is 6.66. The first-order valence-corrected chi connectivity index (χ1v) is 10.2. The second kappa shape index (κ2) is 6.75. The van der Waals surface area contributed by atoms with Gasteiger partial charge in [-0.3, -0.25) is 9.69 Å². The van der Waals surface area contributed by atoms with Gasteiger partial charge in [-0.25, -0.2) is 4.98 Å². The molecular weight excluding hydrogens is 334 g/mol. The van der Waals surface area contributed by atoms with Crippen LogP contribution in [-0.2, 0) is 12.8 Å². The molecule has 27 heavy (non-hydrogen) atoms. The average molecular weight is 361 g/mol. The number of amides is 1. The summed E-state index contributed by atoms with van der Waals surface area (Å²) in [5.74, 6) is 0.700.